The summed E-state index contributed by atoms with van der Waals surface area (Å²) in [4.78, 5) is 11.6. The molecule has 2 nitrogen and oxygen atoms in total. The third-order valence-electron chi connectivity index (χ3n) is 2.39. The van der Waals surface area contributed by atoms with Crippen molar-refractivity contribution in [2.45, 2.75) is 29.7 Å². The number of allylic oxidation sites excluding steroid dienone is 2. The second-order valence-electron chi connectivity index (χ2n) is 3.77. The molecule has 1 rings (SSSR count). The van der Waals surface area contributed by atoms with Crippen molar-refractivity contribution in [1.29, 1.82) is 0 Å². The Morgan fingerprint density at radius 3 is 2.37 bits per heavy atom. The molecule has 0 bridgehead atoms. The van der Waals surface area contributed by atoms with Gasteiger partial charge in [-0.1, -0.05) is 30.4 Å². The number of benzene rings is 1. The predicted octanol–water partition coefficient (Wildman–Crippen LogP) is 3.26. The second kappa shape index (κ2) is 6.65. The van der Waals surface area contributed by atoms with Crippen molar-refractivity contribution in [2.24, 2.45) is 0 Å². The van der Waals surface area contributed by atoms with Gasteiger partial charge in [-0.05, 0) is 25.5 Å². The molecule has 2 atom stereocenters. The Labute approximate surface area is 111 Å². The summed E-state index contributed by atoms with van der Waals surface area (Å²) in [6, 6.07) is 7.69. The van der Waals surface area contributed by atoms with Gasteiger partial charge in [0, 0.05) is 4.90 Å². The van der Waals surface area contributed by atoms with E-state index in [9.17, 15) is 22.2 Å². The first-order chi connectivity index (χ1) is 8.88. The molecule has 0 saturated carbocycles. The van der Waals surface area contributed by atoms with Gasteiger partial charge in [0.25, 0.3) is 5.78 Å². The highest BCUT2D eigenvalue weighted by Gasteiger charge is 2.45. The van der Waals surface area contributed by atoms with Crippen molar-refractivity contribution in [2.75, 3.05) is 0 Å². The minimum Gasteiger partial charge on any atom is -0.288 e. The molecule has 0 fully saturated rings. The Balaban J connectivity index is 3.04. The maximum absolute atomic E-state index is 12.5. The summed E-state index contributed by atoms with van der Waals surface area (Å²) in [7, 11) is -2.02. The maximum Gasteiger partial charge on any atom is 0.451 e. The number of alkyl halides is 3. The van der Waals surface area contributed by atoms with Crippen molar-refractivity contribution in [1.82, 2.24) is 0 Å². The van der Waals surface area contributed by atoms with Crippen molar-refractivity contribution < 1.29 is 22.2 Å². The third kappa shape index (κ3) is 4.31. The van der Waals surface area contributed by atoms with Crippen LogP contribution in [-0.4, -0.2) is 21.4 Å². The Kier molecular flexibility index (Phi) is 5.47. The molecule has 0 aliphatic heterocycles. The summed E-state index contributed by atoms with van der Waals surface area (Å²) in [5.41, 5.74) is 0. The molecule has 1 aromatic rings. The molecule has 1 aromatic carbocycles. The fraction of sp³-hybridized carbons (Fsp3) is 0.308. The van der Waals surface area contributed by atoms with Crippen LogP contribution < -0.4 is 0 Å². The third-order valence-corrected chi connectivity index (χ3v) is 4.05. The summed E-state index contributed by atoms with van der Waals surface area (Å²) in [5.74, 6) is -1.95. The van der Waals surface area contributed by atoms with Crippen LogP contribution in [0.25, 0.3) is 0 Å². The van der Waals surface area contributed by atoms with Crippen molar-refractivity contribution in [3.8, 4) is 0 Å². The normalized spacial score (nSPS) is 15.4. The van der Waals surface area contributed by atoms with E-state index in [2.05, 4.69) is 0 Å². The van der Waals surface area contributed by atoms with Gasteiger partial charge in [0.05, 0.1) is 10.8 Å². The molecule has 104 valence electrons. The van der Waals surface area contributed by atoms with Crippen molar-refractivity contribution in [3.05, 3.63) is 42.5 Å². The molecule has 19 heavy (non-hydrogen) atoms. The summed E-state index contributed by atoms with van der Waals surface area (Å²) in [6.45, 7) is 1.63. The zero-order chi connectivity index (χ0) is 14.5. The van der Waals surface area contributed by atoms with Crippen molar-refractivity contribution in [3.63, 3.8) is 0 Å². The molecule has 0 aromatic heterocycles. The molecule has 0 spiro atoms. The summed E-state index contributed by atoms with van der Waals surface area (Å²) in [6.07, 6.45) is -2.24. The van der Waals surface area contributed by atoms with Crippen LogP contribution in [0.1, 0.15) is 13.3 Å². The number of halogens is 3. The van der Waals surface area contributed by atoms with Gasteiger partial charge in [-0.2, -0.15) is 13.2 Å². The first-order valence-electron chi connectivity index (χ1n) is 5.55. The number of hydrogen-bond acceptors (Lipinski definition) is 2. The topological polar surface area (TPSA) is 34.1 Å². The van der Waals surface area contributed by atoms with Gasteiger partial charge in [-0.25, -0.2) is 0 Å². The summed E-state index contributed by atoms with van der Waals surface area (Å²) in [5, 5.41) is -1.60. The fourth-order valence-electron chi connectivity index (χ4n) is 1.45. The molecule has 6 heteroatoms. The molecule has 0 aliphatic rings. The van der Waals surface area contributed by atoms with Crippen LogP contribution in [0.2, 0.25) is 0 Å². The van der Waals surface area contributed by atoms with E-state index in [1.807, 2.05) is 0 Å². The van der Waals surface area contributed by atoms with Gasteiger partial charge >= 0.3 is 6.18 Å². The first-order valence-corrected chi connectivity index (χ1v) is 6.77. The molecule has 2 unspecified atom stereocenters. The first kappa shape index (κ1) is 15.6. The number of carbonyl (C=O) groups is 1. The highest BCUT2D eigenvalue weighted by Crippen LogP contribution is 2.25. The number of Topliss-reactive ketones (excluding diaryl/α,β-unsaturated/α-hetero) is 1. The van der Waals surface area contributed by atoms with Gasteiger partial charge in [0.2, 0.25) is 0 Å². The van der Waals surface area contributed by atoms with Crippen LogP contribution in [-0.2, 0) is 15.6 Å². The largest absolute Gasteiger partial charge is 0.451 e. The highest BCUT2D eigenvalue weighted by atomic mass is 32.2. The SMILES string of the molecule is C/C=C/CC(C(=O)C(F)(F)F)S(=O)c1ccccc1. The number of ketones is 1. The lowest BCUT2D eigenvalue weighted by Crippen LogP contribution is -2.37. The van der Waals surface area contributed by atoms with Crippen LogP contribution in [0.5, 0.6) is 0 Å². The molecule has 0 N–H and O–H groups in total. The quantitative estimate of drug-likeness (QED) is 0.780. The molecule has 0 aliphatic carbocycles. The number of rotatable bonds is 5. The van der Waals surface area contributed by atoms with Gasteiger partial charge in [-0.15, -0.1) is 0 Å². The predicted molar refractivity (Wildman–Crippen MR) is 67.1 cm³/mol. The average molecular weight is 290 g/mol. The highest BCUT2D eigenvalue weighted by molar-refractivity contribution is 7.86. The number of hydrogen-bond donors (Lipinski definition) is 0. The van der Waals surface area contributed by atoms with Crippen LogP contribution in [0.15, 0.2) is 47.4 Å². The molecule has 0 radical (unpaired) electrons. The van der Waals surface area contributed by atoms with Crippen LogP contribution in [0.3, 0.4) is 0 Å². The fourth-order valence-corrected chi connectivity index (χ4v) is 2.82. The van der Waals surface area contributed by atoms with E-state index >= 15 is 0 Å². The summed E-state index contributed by atoms with van der Waals surface area (Å²) >= 11 is 0. The second-order valence-corrected chi connectivity index (χ2v) is 5.40. The maximum atomic E-state index is 12.5. The minimum absolute atomic E-state index is 0.198. The molecule has 0 heterocycles. The lowest BCUT2D eigenvalue weighted by molar-refractivity contribution is -0.170. The zero-order valence-corrected chi connectivity index (χ0v) is 11.0. The van der Waals surface area contributed by atoms with E-state index in [-0.39, 0.29) is 11.3 Å². The Morgan fingerprint density at radius 2 is 1.89 bits per heavy atom. The monoisotopic (exact) mass is 290 g/mol. The van der Waals surface area contributed by atoms with E-state index in [0.717, 1.165) is 0 Å². The Bertz CT molecular complexity index is 480. The van der Waals surface area contributed by atoms with E-state index in [4.69, 9.17) is 0 Å². The average Bonchev–Trinajstić information content (AvgIpc) is 2.38. The zero-order valence-electron chi connectivity index (χ0n) is 10.2. The van der Waals surface area contributed by atoms with Gasteiger partial charge < -0.3 is 0 Å². The van der Waals surface area contributed by atoms with Crippen LogP contribution in [0, 0.1) is 0 Å². The van der Waals surface area contributed by atoms with Crippen molar-refractivity contribution >= 4 is 16.6 Å². The van der Waals surface area contributed by atoms with Crippen LogP contribution in [0.4, 0.5) is 13.2 Å². The van der Waals surface area contributed by atoms with Gasteiger partial charge in [-0.3, -0.25) is 9.00 Å². The lowest BCUT2D eigenvalue weighted by Gasteiger charge is -2.15. The lowest BCUT2D eigenvalue weighted by atomic mass is 10.2. The minimum atomic E-state index is -4.98. The standard InChI is InChI=1S/C13H13F3O2S/c1-2-3-9-11(12(17)13(14,15)16)19(18)10-7-5-4-6-8-10/h2-8,11H,9H2,1H3/b3-2+. The summed E-state index contributed by atoms with van der Waals surface area (Å²) < 4.78 is 49.6. The smallest absolute Gasteiger partial charge is 0.288 e. The Hall–Kier alpha value is -1.43. The van der Waals surface area contributed by atoms with Gasteiger partial charge in [0.15, 0.2) is 0 Å². The van der Waals surface area contributed by atoms with Gasteiger partial charge in [0.1, 0.15) is 5.25 Å². The molecular formula is C13H13F3O2S. The molecular weight excluding hydrogens is 277 g/mol. The Morgan fingerprint density at radius 1 is 1.32 bits per heavy atom. The van der Waals surface area contributed by atoms with E-state index in [1.165, 1.54) is 24.3 Å². The molecule has 0 amide bonds. The van der Waals surface area contributed by atoms with E-state index in [1.54, 1.807) is 25.1 Å². The van der Waals surface area contributed by atoms with E-state index in [0.29, 0.717) is 0 Å². The van der Waals surface area contributed by atoms with Crippen LogP contribution >= 0.6 is 0 Å². The number of carbonyl (C=O) groups excluding carboxylic acids is 1. The van der Waals surface area contributed by atoms with E-state index < -0.39 is 28.0 Å². The molecule has 0 saturated heterocycles.